The Kier molecular flexibility index (Phi) is 5.73. The fraction of sp³-hybridized carbons (Fsp3) is 0.455. The number of benzene rings is 1. The summed E-state index contributed by atoms with van der Waals surface area (Å²) in [6.07, 6.45) is -0.0527. The number of hydrogen-bond donors (Lipinski definition) is 1. The standard InChI is InChI=1S/C11H15F2NOS/c1-2-15-8(6-14)7-16-9-3-4-10(12)11(13)5-9/h3-5,8H,2,6-7,14H2,1H3. The molecule has 0 heterocycles. The Bertz CT molecular complexity index is 336. The molecule has 0 spiro atoms. The van der Waals surface area contributed by atoms with Gasteiger partial charge in [-0.25, -0.2) is 8.78 Å². The molecule has 0 amide bonds. The molecular weight excluding hydrogens is 232 g/mol. The molecule has 0 saturated carbocycles. The van der Waals surface area contributed by atoms with Crippen molar-refractivity contribution >= 4 is 11.8 Å². The maximum absolute atomic E-state index is 12.9. The molecule has 90 valence electrons. The summed E-state index contributed by atoms with van der Waals surface area (Å²) in [4.78, 5) is 0.678. The van der Waals surface area contributed by atoms with Gasteiger partial charge >= 0.3 is 0 Å². The SMILES string of the molecule is CCOC(CN)CSc1ccc(F)c(F)c1. The molecule has 2 nitrogen and oxygen atoms in total. The van der Waals surface area contributed by atoms with Gasteiger partial charge < -0.3 is 10.5 Å². The third-order valence-corrected chi connectivity index (χ3v) is 3.12. The van der Waals surface area contributed by atoms with Crippen LogP contribution in [0.1, 0.15) is 6.92 Å². The molecule has 1 atom stereocenters. The fourth-order valence-corrected chi connectivity index (χ4v) is 2.14. The first kappa shape index (κ1) is 13.4. The average molecular weight is 247 g/mol. The summed E-state index contributed by atoms with van der Waals surface area (Å²) in [5.74, 6) is -1.02. The predicted molar refractivity (Wildman–Crippen MR) is 61.6 cm³/mol. The van der Waals surface area contributed by atoms with E-state index in [4.69, 9.17) is 10.5 Å². The van der Waals surface area contributed by atoms with Crippen molar-refractivity contribution in [1.82, 2.24) is 0 Å². The smallest absolute Gasteiger partial charge is 0.159 e. The maximum Gasteiger partial charge on any atom is 0.159 e. The van der Waals surface area contributed by atoms with Crippen molar-refractivity contribution in [2.45, 2.75) is 17.9 Å². The molecule has 1 unspecified atom stereocenters. The summed E-state index contributed by atoms with van der Waals surface area (Å²) in [7, 11) is 0. The largest absolute Gasteiger partial charge is 0.376 e. The van der Waals surface area contributed by atoms with Gasteiger partial charge in [0.1, 0.15) is 0 Å². The van der Waals surface area contributed by atoms with E-state index in [-0.39, 0.29) is 6.10 Å². The van der Waals surface area contributed by atoms with E-state index in [2.05, 4.69) is 0 Å². The Labute approximate surface area is 98.2 Å². The number of ether oxygens (including phenoxy) is 1. The zero-order chi connectivity index (χ0) is 12.0. The monoisotopic (exact) mass is 247 g/mol. The van der Waals surface area contributed by atoms with Crippen LogP contribution in [0, 0.1) is 11.6 Å². The molecule has 0 fully saturated rings. The molecule has 0 saturated heterocycles. The normalized spacial score (nSPS) is 12.8. The third-order valence-electron chi connectivity index (χ3n) is 1.99. The van der Waals surface area contributed by atoms with Crippen molar-refractivity contribution in [3.8, 4) is 0 Å². The number of nitrogens with two attached hydrogens (primary N) is 1. The van der Waals surface area contributed by atoms with Gasteiger partial charge in [0.25, 0.3) is 0 Å². The van der Waals surface area contributed by atoms with Gasteiger partial charge in [0, 0.05) is 23.8 Å². The van der Waals surface area contributed by atoms with E-state index in [0.717, 1.165) is 6.07 Å². The van der Waals surface area contributed by atoms with Crippen LogP contribution < -0.4 is 5.73 Å². The summed E-state index contributed by atoms with van der Waals surface area (Å²) >= 11 is 1.40. The van der Waals surface area contributed by atoms with Crippen LogP contribution >= 0.6 is 11.8 Å². The average Bonchev–Trinajstić information content (AvgIpc) is 2.28. The Morgan fingerprint density at radius 3 is 2.69 bits per heavy atom. The topological polar surface area (TPSA) is 35.2 Å². The van der Waals surface area contributed by atoms with Crippen LogP contribution in [0.4, 0.5) is 8.78 Å². The highest BCUT2D eigenvalue weighted by atomic mass is 32.2. The number of rotatable bonds is 6. The van der Waals surface area contributed by atoms with Gasteiger partial charge in [0.2, 0.25) is 0 Å². The Balaban J connectivity index is 2.50. The second-order valence-corrected chi connectivity index (χ2v) is 4.29. The summed E-state index contributed by atoms with van der Waals surface area (Å²) in [6, 6.07) is 3.85. The van der Waals surface area contributed by atoms with Gasteiger partial charge in [-0.15, -0.1) is 11.8 Å². The highest BCUT2D eigenvalue weighted by Crippen LogP contribution is 2.21. The minimum absolute atomic E-state index is 0.0527. The van der Waals surface area contributed by atoms with Crippen molar-refractivity contribution in [1.29, 1.82) is 0 Å². The predicted octanol–water partition coefficient (Wildman–Crippen LogP) is 2.42. The molecule has 1 aromatic carbocycles. The summed E-state index contributed by atoms with van der Waals surface area (Å²) in [5, 5.41) is 0. The number of thioether (sulfide) groups is 1. The van der Waals surface area contributed by atoms with Crippen molar-refractivity contribution < 1.29 is 13.5 Å². The molecule has 0 aliphatic heterocycles. The highest BCUT2D eigenvalue weighted by Gasteiger charge is 2.08. The minimum Gasteiger partial charge on any atom is -0.376 e. The first-order valence-corrected chi connectivity index (χ1v) is 6.05. The number of halogens is 2. The van der Waals surface area contributed by atoms with E-state index in [1.807, 2.05) is 6.92 Å². The molecule has 1 rings (SSSR count). The second kappa shape index (κ2) is 6.83. The first-order valence-electron chi connectivity index (χ1n) is 5.07. The van der Waals surface area contributed by atoms with Gasteiger partial charge in [-0.05, 0) is 25.1 Å². The lowest BCUT2D eigenvalue weighted by Gasteiger charge is -2.14. The van der Waals surface area contributed by atoms with Crippen LogP contribution in [0.2, 0.25) is 0 Å². The van der Waals surface area contributed by atoms with Crippen molar-refractivity contribution in [3.63, 3.8) is 0 Å². The summed E-state index contributed by atoms with van der Waals surface area (Å²) in [5.41, 5.74) is 5.50. The van der Waals surface area contributed by atoms with Gasteiger partial charge in [-0.1, -0.05) is 0 Å². The molecule has 0 aromatic heterocycles. The van der Waals surface area contributed by atoms with E-state index in [1.54, 1.807) is 6.07 Å². The Morgan fingerprint density at radius 1 is 1.38 bits per heavy atom. The fourth-order valence-electron chi connectivity index (χ4n) is 1.18. The summed E-state index contributed by atoms with van der Waals surface area (Å²) < 4.78 is 30.9. The molecule has 0 radical (unpaired) electrons. The number of hydrogen-bond acceptors (Lipinski definition) is 3. The van der Waals surface area contributed by atoms with E-state index < -0.39 is 11.6 Å². The molecule has 1 aromatic rings. The van der Waals surface area contributed by atoms with Crippen molar-refractivity contribution in [2.75, 3.05) is 18.9 Å². The zero-order valence-electron chi connectivity index (χ0n) is 9.08. The lowest BCUT2D eigenvalue weighted by Crippen LogP contribution is -2.26. The van der Waals surface area contributed by atoms with Crippen LogP contribution in [0.3, 0.4) is 0 Å². The molecule has 0 bridgehead atoms. The quantitative estimate of drug-likeness (QED) is 0.784. The molecule has 0 aliphatic carbocycles. The minimum atomic E-state index is -0.829. The zero-order valence-corrected chi connectivity index (χ0v) is 9.90. The summed E-state index contributed by atoms with van der Waals surface area (Å²) in [6.45, 7) is 2.91. The molecule has 5 heteroatoms. The Hall–Kier alpha value is -0.650. The van der Waals surface area contributed by atoms with Crippen molar-refractivity contribution in [3.05, 3.63) is 29.8 Å². The lowest BCUT2D eigenvalue weighted by molar-refractivity contribution is 0.0858. The highest BCUT2D eigenvalue weighted by molar-refractivity contribution is 7.99. The van der Waals surface area contributed by atoms with E-state index in [0.29, 0.717) is 23.8 Å². The van der Waals surface area contributed by atoms with E-state index in [9.17, 15) is 8.78 Å². The Morgan fingerprint density at radius 2 is 2.12 bits per heavy atom. The van der Waals surface area contributed by atoms with E-state index >= 15 is 0 Å². The van der Waals surface area contributed by atoms with Gasteiger partial charge in [-0.2, -0.15) is 0 Å². The van der Waals surface area contributed by atoms with Crippen LogP contribution in [0.15, 0.2) is 23.1 Å². The van der Waals surface area contributed by atoms with Gasteiger partial charge in [0.15, 0.2) is 11.6 Å². The third kappa shape index (κ3) is 4.08. The van der Waals surface area contributed by atoms with Gasteiger partial charge in [-0.3, -0.25) is 0 Å². The molecule has 2 N–H and O–H groups in total. The first-order chi connectivity index (χ1) is 7.67. The van der Waals surface area contributed by atoms with Crippen LogP contribution in [0.5, 0.6) is 0 Å². The van der Waals surface area contributed by atoms with Crippen molar-refractivity contribution in [2.24, 2.45) is 5.73 Å². The molecule has 16 heavy (non-hydrogen) atoms. The molecular formula is C11H15F2NOS. The lowest BCUT2D eigenvalue weighted by atomic mass is 10.3. The van der Waals surface area contributed by atoms with E-state index in [1.165, 1.54) is 17.8 Å². The van der Waals surface area contributed by atoms with Crippen LogP contribution in [0.25, 0.3) is 0 Å². The second-order valence-electron chi connectivity index (χ2n) is 3.20. The molecule has 0 aliphatic rings. The maximum atomic E-state index is 12.9. The van der Waals surface area contributed by atoms with Gasteiger partial charge in [0.05, 0.1) is 6.10 Å². The van der Waals surface area contributed by atoms with Crippen LogP contribution in [-0.2, 0) is 4.74 Å². The van der Waals surface area contributed by atoms with Crippen LogP contribution in [-0.4, -0.2) is 25.0 Å².